The number of carboxylic acid groups (broad SMARTS) is 2. The zero-order chi connectivity index (χ0) is 21.2. The Labute approximate surface area is 172 Å². The molecule has 0 aromatic heterocycles. The first-order valence-electron chi connectivity index (χ1n) is 11.6. The van der Waals surface area contributed by atoms with Gasteiger partial charge in [0.2, 0.25) is 0 Å². The molecule has 0 aromatic carbocycles. The van der Waals surface area contributed by atoms with Crippen LogP contribution in [0.15, 0.2) is 0 Å². The minimum absolute atomic E-state index is 0.513. The third-order valence-corrected chi connectivity index (χ3v) is 6.96. The SMILES string of the molecule is CC(C)CCCCCC1(C(=O)O)CCCCC1(CCCCCC(C)C)C(=O)O. The minimum atomic E-state index is -1.09. The van der Waals surface area contributed by atoms with Crippen LogP contribution in [0.25, 0.3) is 0 Å². The Balaban J connectivity index is 2.87. The number of carbonyl (C=O) groups is 2. The summed E-state index contributed by atoms with van der Waals surface area (Å²) in [5, 5.41) is 20.5. The van der Waals surface area contributed by atoms with E-state index in [1.54, 1.807) is 0 Å². The molecule has 28 heavy (non-hydrogen) atoms. The maximum Gasteiger partial charge on any atom is 0.310 e. The molecule has 1 fully saturated rings. The van der Waals surface area contributed by atoms with Gasteiger partial charge in [-0.05, 0) is 37.5 Å². The largest absolute Gasteiger partial charge is 0.481 e. The molecule has 0 aliphatic heterocycles. The first kappa shape index (κ1) is 25.0. The maximum atomic E-state index is 12.5. The first-order chi connectivity index (χ1) is 13.2. The molecule has 1 saturated carbocycles. The van der Waals surface area contributed by atoms with Gasteiger partial charge < -0.3 is 10.2 Å². The first-order valence-corrected chi connectivity index (χ1v) is 11.6. The molecule has 1 rings (SSSR count). The van der Waals surface area contributed by atoms with Crippen LogP contribution in [0.4, 0.5) is 0 Å². The summed E-state index contributed by atoms with van der Waals surface area (Å²) in [4.78, 5) is 25.0. The molecule has 2 unspecified atom stereocenters. The molecule has 0 spiro atoms. The number of hydrogen-bond donors (Lipinski definition) is 2. The average molecular weight is 397 g/mol. The summed E-state index contributed by atoms with van der Waals surface area (Å²) >= 11 is 0. The van der Waals surface area contributed by atoms with E-state index in [0.717, 1.165) is 64.2 Å². The molecule has 0 amide bonds. The molecule has 0 bridgehead atoms. The van der Waals surface area contributed by atoms with Gasteiger partial charge in [-0.1, -0.05) is 91.9 Å². The van der Waals surface area contributed by atoms with Crippen molar-refractivity contribution in [2.45, 2.75) is 118 Å². The van der Waals surface area contributed by atoms with Gasteiger partial charge in [-0.2, -0.15) is 0 Å². The van der Waals surface area contributed by atoms with E-state index in [-0.39, 0.29) is 0 Å². The number of unbranched alkanes of at least 4 members (excludes halogenated alkanes) is 4. The number of hydrogen-bond acceptors (Lipinski definition) is 2. The molecule has 1 aliphatic rings. The van der Waals surface area contributed by atoms with Crippen LogP contribution in [0.5, 0.6) is 0 Å². The lowest BCUT2D eigenvalue weighted by molar-refractivity contribution is -0.182. The van der Waals surface area contributed by atoms with Gasteiger partial charge in [-0.15, -0.1) is 0 Å². The monoisotopic (exact) mass is 396 g/mol. The van der Waals surface area contributed by atoms with Crippen LogP contribution >= 0.6 is 0 Å². The zero-order valence-corrected chi connectivity index (χ0v) is 18.8. The minimum Gasteiger partial charge on any atom is -0.481 e. The van der Waals surface area contributed by atoms with Crippen LogP contribution in [0.3, 0.4) is 0 Å². The Bertz CT molecular complexity index is 441. The lowest BCUT2D eigenvalue weighted by Gasteiger charge is -2.49. The fraction of sp³-hybridized carbons (Fsp3) is 0.917. The molecule has 2 atom stereocenters. The van der Waals surface area contributed by atoms with Crippen molar-refractivity contribution < 1.29 is 19.8 Å². The summed E-state index contributed by atoms with van der Waals surface area (Å²) in [6.45, 7) is 8.81. The number of rotatable bonds is 14. The molecule has 0 saturated heterocycles. The van der Waals surface area contributed by atoms with Gasteiger partial charge in [0.05, 0.1) is 10.8 Å². The van der Waals surface area contributed by atoms with Crippen molar-refractivity contribution in [3.63, 3.8) is 0 Å². The van der Waals surface area contributed by atoms with Crippen LogP contribution in [-0.4, -0.2) is 22.2 Å². The van der Waals surface area contributed by atoms with Crippen molar-refractivity contribution in [1.82, 2.24) is 0 Å². The highest BCUT2D eigenvalue weighted by Crippen LogP contribution is 2.57. The van der Waals surface area contributed by atoms with Gasteiger partial charge in [0.25, 0.3) is 0 Å². The Kier molecular flexibility index (Phi) is 10.5. The van der Waals surface area contributed by atoms with E-state index < -0.39 is 22.8 Å². The summed E-state index contributed by atoms with van der Waals surface area (Å²) in [7, 11) is 0. The van der Waals surface area contributed by atoms with Crippen molar-refractivity contribution in [3.05, 3.63) is 0 Å². The van der Waals surface area contributed by atoms with Gasteiger partial charge in [0.1, 0.15) is 0 Å². The highest BCUT2D eigenvalue weighted by molar-refractivity contribution is 5.87. The summed E-state index contributed by atoms with van der Waals surface area (Å²) in [6, 6.07) is 0. The van der Waals surface area contributed by atoms with Gasteiger partial charge in [0, 0.05) is 0 Å². The molecular formula is C24H44O4. The smallest absolute Gasteiger partial charge is 0.310 e. The second-order valence-corrected chi connectivity index (χ2v) is 9.97. The molecule has 1 aliphatic carbocycles. The molecule has 0 aromatic rings. The van der Waals surface area contributed by atoms with E-state index in [0.29, 0.717) is 37.5 Å². The van der Waals surface area contributed by atoms with Crippen LogP contribution in [-0.2, 0) is 9.59 Å². The van der Waals surface area contributed by atoms with Crippen molar-refractivity contribution >= 4 is 11.9 Å². The number of aliphatic carboxylic acids is 2. The van der Waals surface area contributed by atoms with E-state index >= 15 is 0 Å². The zero-order valence-electron chi connectivity index (χ0n) is 18.8. The molecule has 0 radical (unpaired) electrons. The highest BCUT2D eigenvalue weighted by atomic mass is 16.4. The fourth-order valence-corrected chi connectivity index (χ4v) is 5.21. The van der Waals surface area contributed by atoms with Gasteiger partial charge in [0.15, 0.2) is 0 Å². The summed E-state index contributed by atoms with van der Waals surface area (Å²) < 4.78 is 0. The summed E-state index contributed by atoms with van der Waals surface area (Å²) in [5.74, 6) is -0.430. The third kappa shape index (κ3) is 6.49. The third-order valence-electron chi connectivity index (χ3n) is 6.96. The summed E-state index contributed by atoms with van der Waals surface area (Å²) in [5.41, 5.74) is -2.18. The molecule has 0 heterocycles. The number of carboxylic acids is 2. The summed E-state index contributed by atoms with van der Waals surface area (Å²) in [6.07, 6.45) is 11.9. The van der Waals surface area contributed by atoms with Crippen LogP contribution in [0, 0.1) is 22.7 Å². The van der Waals surface area contributed by atoms with E-state index in [4.69, 9.17) is 0 Å². The quantitative estimate of drug-likeness (QED) is 0.313. The standard InChI is InChI=1S/C24H44O4/c1-19(2)13-7-5-9-15-23(21(25)26)17-11-12-18-24(23,22(27)28)16-10-6-8-14-20(3)4/h19-20H,5-18H2,1-4H3,(H,25,26)(H,27,28). The second kappa shape index (κ2) is 11.8. The Morgan fingerprint density at radius 3 is 1.32 bits per heavy atom. The van der Waals surface area contributed by atoms with E-state index in [9.17, 15) is 19.8 Å². The maximum absolute atomic E-state index is 12.5. The predicted molar refractivity (Wildman–Crippen MR) is 114 cm³/mol. The van der Waals surface area contributed by atoms with E-state index in [2.05, 4.69) is 27.7 Å². The normalized spacial score (nSPS) is 25.4. The topological polar surface area (TPSA) is 74.6 Å². The van der Waals surface area contributed by atoms with Crippen LogP contribution < -0.4 is 0 Å². The second-order valence-electron chi connectivity index (χ2n) is 9.97. The Morgan fingerprint density at radius 1 is 0.679 bits per heavy atom. The fourth-order valence-electron chi connectivity index (χ4n) is 5.21. The molecule has 4 nitrogen and oxygen atoms in total. The van der Waals surface area contributed by atoms with Crippen molar-refractivity contribution in [1.29, 1.82) is 0 Å². The van der Waals surface area contributed by atoms with Crippen molar-refractivity contribution in [2.24, 2.45) is 22.7 Å². The van der Waals surface area contributed by atoms with Crippen molar-refractivity contribution in [2.75, 3.05) is 0 Å². The average Bonchev–Trinajstić information content (AvgIpc) is 2.61. The Morgan fingerprint density at radius 2 is 1.04 bits per heavy atom. The molecular weight excluding hydrogens is 352 g/mol. The van der Waals surface area contributed by atoms with Crippen LogP contribution in [0.2, 0.25) is 0 Å². The highest BCUT2D eigenvalue weighted by Gasteiger charge is 2.61. The molecule has 2 N–H and O–H groups in total. The van der Waals surface area contributed by atoms with Gasteiger partial charge in [-0.25, -0.2) is 0 Å². The van der Waals surface area contributed by atoms with Gasteiger partial charge >= 0.3 is 11.9 Å². The van der Waals surface area contributed by atoms with Crippen molar-refractivity contribution in [3.8, 4) is 0 Å². The molecule has 164 valence electrons. The predicted octanol–water partition coefficient (Wildman–Crippen LogP) is 6.92. The van der Waals surface area contributed by atoms with E-state index in [1.165, 1.54) is 0 Å². The lowest BCUT2D eigenvalue weighted by atomic mass is 9.52. The van der Waals surface area contributed by atoms with Gasteiger partial charge in [-0.3, -0.25) is 9.59 Å². The molecule has 4 heteroatoms. The lowest BCUT2D eigenvalue weighted by Crippen LogP contribution is -2.54. The Hall–Kier alpha value is -1.06. The van der Waals surface area contributed by atoms with E-state index in [1.807, 2.05) is 0 Å². The van der Waals surface area contributed by atoms with Crippen LogP contribution in [0.1, 0.15) is 118 Å².